The first kappa shape index (κ1) is 13.2. The van der Waals surface area contributed by atoms with Gasteiger partial charge in [0.25, 0.3) is 10.0 Å². The van der Waals surface area contributed by atoms with E-state index in [1.165, 1.54) is 12.6 Å². The summed E-state index contributed by atoms with van der Waals surface area (Å²) in [7, 11) is -2.53. The van der Waals surface area contributed by atoms with Crippen LogP contribution in [-0.2, 0) is 14.8 Å². The van der Waals surface area contributed by atoms with Gasteiger partial charge in [0.15, 0.2) is 9.90 Å². The van der Waals surface area contributed by atoms with E-state index in [-0.39, 0.29) is 15.9 Å². The van der Waals surface area contributed by atoms with E-state index in [0.29, 0.717) is 12.8 Å². The number of nitrogens with zero attached hydrogens (tertiary/aromatic N) is 1. The Hall–Kier alpha value is -1.25. The van der Waals surface area contributed by atoms with Gasteiger partial charge in [-0.25, -0.2) is 22.9 Å². The highest BCUT2D eigenvalue weighted by Crippen LogP contribution is 2.22. The maximum Gasteiger partial charge on any atom is 0.358 e. The first-order valence-corrected chi connectivity index (χ1v) is 7.60. The van der Waals surface area contributed by atoms with E-state index in [9.17, 15) is 13.2 Å². The molecule has 0 aromatic carbocycles. The number of carbonyl (C=O) groups excluding carboxylic acids is 1. The fourth-order valence-corrected chi connectivity index (χ4v) is 4.06. The third-order valence-electron chi connectivity index (χ3n) is 2.49. The van der Waals surface area contributed by atoms with Crippen molar-refractivity contribution in [2.24, 2.45) is 0 Å². The van der Waals surface area contributed by atoms with E-state index in [0.717, 1.165) is 11.3 Å². The molecule has 6 nitrogen and oxygen atoms in total. The van der Waals surface area contributed by atoms with Crippen molar-refractivity contribution in [3.63, 3.8) is 0 Å². The summed E-state index contributed by atoms with van der Waals surface area (Å²) < 4.78 is 31.2. The van der Waals surface area contributed by atoms with Crippen LogP contribution in [0.1, 0.15) is 23.3 Å². The van der Waals surface area contributed by atoms with Gasteiger partial charge in [0, 0.05) is 6.04 Å². The molecule has 1 heterocycles. The second-order valence-corrected chi connectivity index (χ2v) is 6.51. The maximum absolute atomic E-state index is 12.1. The van der Waals surface area contributed by atoms with Crippen LogP contribution in [0.3, 0.4) is 0 Å². The maximum atomic E-state index is 12.1. The first-order chi connectivity index (χ1) is 8.54. The van der Waals surface area contributed by atoms with Crippen LogP contribution >= 0.6 is 11.3 Å². The lowest BCUT2D eigenvalue weighted by Gasteiger charge is -2.11. The number of rotatable bonds is 4. The van der Waals surface area contributed by atoms with Crippen molar-refractivity contribution in [3.05, 3.63) is 23.4 Å². The van der Waals surface area contributed by atoms with Crippen molar-refractivity contribution in [2.75, 3.05) is 7.11 Å². The molecule has 0 bridgehead atoms. The second kappa shape index (κ2) is 5.17. The molecule has 0 fully saturated rings. The molecule has 0 aliphatic heterocycles. The zero-order valence-electron chi connectivity index (χ0n) is 9.62. The lowest BCUT2D eigenvalue weighted by atomic mass is 10.3. The number of sulfonamides is 1. The van der Waals surface area contributed by atoms with Crippen molar-refractivity contribution >= 4 is 27.3 Å². The molecule has 98 valence electrons. The minimum absolute atomic E-state index is 0.0961. The summed E-state index contributed by atoms with van der Waals surface area (Å²) in [5.74, 6) is -0.749. The van der Waals surface area contributed by atoms with Crippen LogP contribution in [0.5, 0.6) is 0 Å². The molecule has 1 aliphatic carbocycles. The summed E-state index contributed by atoms with van der Waals surface area (Å²) in [6.45, 7) is 0. The van der Waals surface area contributed by atoms with Gasteiger partial charge < -0.3 is 4.74 Å². The van der Waals surface area contributed by atoms with Gasteiger partial charge in [-0.1, -0.05) is 12.2 Å². The number of ether oxygens (including phenoxy) is 1. The number of thiazole rings is 1. The molecule has 8 heteroatoms. The molecule has 2 rings (SSSR count). The Morgan fingerprint density at radius 3 is 2.78 bits per heavy atom. The number of nitrogens with one attached hydrogen (secondary N) is 1. The van der Waals surface area contributed by atoms with Crippen molar-refractivity contribution in [1.82, 2.24) is 9.71 Å². The van der Waals surface area contributed by atoms with Gasteiger partial charge in [0.05, 0.1) is 12.6 Å². The molecule has 0 spiro atoms. The van der Waals surface area contributed by atoms with Crippen LogP contribution in [-0.4, -0.2) is 32.5 Å². The number of carbonyl (C=O) groups is 1. The predicted molar refractivity (Wildman–Crippen MR) is 65.9 cm³/mol. The van der Waals surface area contributed by atoms with Gasteiger partial charge in [-0.15, -0.1) is 11.3 Å². The molecule has 1 aromatic rings. The molecule has 1 N–H and O–H groups in total. The number of aromatic nitrogens is 1. The summed E-state index contributed by atoms with van der Waals surface area (Å²) >= 11 is 0.901. The largest absolute Gasteiger partial charge is 0.464 e. The number of hydrogen-bond donors (Lipinski definition) is 1. The van der Waals surface area contributed by atoms with Gasteiger partial charge in [-0.05, 0) is 12.8 Å². The van der Waals surface area contributed by atoms with Crippen molar-refractivity contribution in [3.8, 4) is 0 Å². The van der Waals surface area contributed by atoms with E-state index in [2.05, 4.69) is 14.4 Å². The quantitative estimate of drug-likeness (QED) is 0.658. The highest BCUT2D eigenvalue weighted by Gasteiger charge is 2.28. The van der Waals surface area contributed by atoms with Gasteiger partial charge in [-0.3, -0.25) is 0 Å². The Kier molecular flexibility index (Phi) is 3.79. The summed E-state index contributed by atoms with van der Waals surface area (Å²) in [5, 5.41) is 0. The molecule has 0 amide bonds. The molecule has 18 heavy (non-hydrogen) atoms. The molecule has 0 saturated heterocycles. The monoisotopic (exact) mass is 288 g/mol. The molecule has 1 aromatic heterocycles. The highest BCUT2D eigenvalue weighted by atomic mass is 32.2. The molecule has 0 saturated carbocycles. The van der Waals surface area contributed by atoms with E-state index >= 15 is 0 Å². The van der Waals surface area contributed by atoms with Crippen LogP contribution < -0.4 is 4.72 Å². The molecular weight excluding hydrogens is 276 g/mol. The molecule has 0 atom stereocenters. The zero-order valence-corrected chi connectivity index (χ0v) is 11.3. The molecule has 1 aliphatic rings. The van der Waals surface area contributed by atoms with Gasteiger partial charge in [-0.2, -0.15) is 0 Å². The Labute approximate surface area is 109 Å². The molecule has 0 unspecified atom stereocenters. The Bertz CT molecular complexity index is 568. The first-order valence-electron chi connectivity index (χ1n) is 5.23. The average Bonchev–Trinajstić information content (AvgIpc) is 2.97. The van der Waals surface area contributed by atoms with E-state index in [4.69, 9.17) is 0 Å². The molecule has 0 radical (unpaired) electrons. The van der Waals surface area contributed by atoms with E-state index in [1.807, 2.05) is 12.2 Å². The zero-order chi connectivity index (χ0) is 13.2. The lowest BCUT2D eigenvalue weighted by Crippen LogP contribution is -2.33. The Balaban J connectivity index is 2.24. The van der Waals surface area contributed by atoms with E-state index < -0.39 is 16.0 Å². The van der Waals surface area contributed by atoms with Crippen molar-refractivity contribution in [2.45, 2.75) is 23.1 Å². The second-order valence-electron chi connectivity index (χ2n) is 3.74. The average molecular weight is 288 g/mol. The third-order valence-corrected chi connectivity index (χ3v) is 5.38. The lowest BCUT2D eigenvalue weighted by molar-refractivity contribution is 0.0590. The fourth-order valence-electron chi connectivity index (χ4n) is 1.65. The summed E-state index contributed by atoms with van der Waals surface area (Å²) in [6.07, 6.45) is 5.15. The van der Waals surface area contributed by atoms with Crippen LogP contribution in [0.25, 0.3) is 0 Å². The third kappa shape index (κ3) is 2.60. The van der Waals surface area contributed by atoms with Crippen LogP contribution in [0.15, 0.2) is 21.9 Å². The smallest absolute Gasteiger partial charge is 0.358 e. The fraction of sp³-hybridized carbons (Fsp3) is 0.400. The van der Waals surface area contributed by atoms with Gasteiger partial charge >= 0.3 is 5.97 Å². The summed E-state index contributed by atoms with van der Waals surface area (Å²) in [6, 6.07) is -0.150. The van der Waals surface area contributed by atoms with Crippen LogP contribution in [0.4, 0.5) is 0 Å². The van der Waals surface area contributed by atoms with Crippen molar-refractivity contribution in [1.29, 1.82) is 0 Å². The Morgan fingerprint density at radius 2 is 2.17 bits per heavy atom. The minimum atomic E-state index is -3.72. The SMILES string of the molecule is COC(=O)c1ncsc1S(=O)(=O)NC1CC=CC1. The standard InChI is InChI=1S/C10H12N2O4S2/c1-16-9(13)8-10(17-6-11-8)18(14,15)12-7-4-2-3-5-7/h2-3,6-7,12H,4-5H2,1H3. The van der Waals surface area contributed by atoms with Crippen LogP contribution in [0, 0.1) is 0 Å². The highest BCUT2D eigenvalue weighted by molar-refractivity contribution is 7.91. The molecular formula is C10H12N2O4S2. The number of esters is 1. The minimum Gasteiger partial charge on any atom is -0.464 e. The number of methoxy groups -OCH3 is 1. The number of hydrogen-bond acceptors (Lipinski definition) is 6. The van der Waals surface area contributed by atoms with E-state index in [1.54, 1.807) is 0 Å². The summed E-state index contributed by atoms with van der Waals surface area (Å²) in [5.41, 5.74) is 1.15. The van der Waals surface area contributed by atoms with Gasteiger partial charge in [0.1, 0.15) is 0 Å². The van der Waals surface area contributed by atoms with Crippen LogP contribution in [0.2, 0.25) is 0 Å². The normalized spacial score (nSPS) is 16.1. The predicted octanol–water partition coefficient (Wildman–Crippen LogP) is 0.927. The van der Waals surface area contributed by atoms with Crippen molar-refractivity contribution < 1.29 is 17.9 Å². The Morgan fingerprint density at radius 1 is 1.50 bits per heavy atom. The van der Waals surface area contributed by atoms with Gasteiger partial charge in [0.2, 0.25) is 0 Å². The topological polar surface area (TPSA) is 85.4 Å². The summed E-state index contributed by atoms with van der Waals surface area (Å²) in [4.78, 5) is 15.1.